The van der Waals surface area contributed by atoms with Crippen LogP contribution in [0.1, 0.15) is 32.1 Å². The van der Waals surface area contributed by atoms with E-state index in [-0.39, 0.29) is 18.2 Å². The SMILES string of the molecule is CNC(=O)OC1CCN(C(=O)N2CCCCC2)CC1. The van der Waals surface area contributed by atoms with E-state index in [1.54, 1.807) is 7.05 Å². The summed E-state index contributed by atoms with van der Waals surface area (Å²) < 4.78 is 5.21. The van der Waals surface area contributed by atoms with Crippen LogP contribution in [-0.2, 0) is 4.74 Å². The summed E-state index contributed by atoms with van der Waals surface area (Å²) in [5, 5.41) is 2.45. The minimum absolute atomic E-state index is 0.0645. The van der Waals surface area contributed by atoms with Crippen molar-refractivity contribution in [1.29, 1.82) is 0 Å². The number of urea groups is 1. The Labute approximate surface area is 114 Å². The first-order valence-corrected chi connectivity index (χ1v) is 7.13. The third kappa shape index (κ3) is 3.75. The first-order chi connectivity index (χ1) is 9.20. The number of nitrogens with zero attached hydrogens (tertiary/aromatic N) is 2. The second kappa shape index (κ2) is 6.63. The Balaban J connectivity index is 1.76. The molecular weight excluding hydrogens is 246 g/mol. The van der Waals surface area contributed by atoms with Gasteiger partial charge in [-0.1, -0.05) is 0 Å². The van der Waals surface area contributed by atoms with E-state index >= 15 is 0 Å². The van der Waals surface area contributed by atoms with Crippen molar-refractivity contribution in [2.75, 3.05) is 33.2 Å². The second-order valence-electron chi connectivity index (χ2n) is 5.17. The Morgan fingerprint density at radius 1 is 1.00 bits per heavy atom. The summed E-state index contributed by atoms with van der Waals surface area (Å²) in [5.41, 5.74) is 0. The maximum Gasteiger partial charge on any atom is 0.407 e. The fourth-order valence-electron chi connectivity index (χ4n) is 2.66. The van der Waals surface area contributed by atoms with E-state index in [2.05, 4.69) is 5.32 Å². The minimum atomic E-state index is -0.388. The van der Waals surface area contributed by atoms with Gasteiger partial charge in [-0.3, -0.25) is 0 Å². The van der Waals surface area contributed by atoms with Crippen molar-refractivity contribution < 1.29 is 14.3 Å². The molecule has 0 bridgehead atoms. The topological polar surface area (TPSA) is 61.9 Å². The van der Waals surface area contributed by atoms with Crippen molar-refractivity contribution >= 4 is 12.1 Å². The summed E-state index contributed by atoms with van der Waals surface area (Å²) in [4.78, 5) is 27.2. The quantitative estimate of drug-likeness (QED) is 0.783. The van der Waals surface area contributed by atoms with Crippen molar-refractivity contribution in [2.24, 2.45) is 0 Å². The van der Waals surface area contributed by atoms with Gasteiger partial charge in [-0.25, -0.2) is 9.59 Å². The highest BCUT2D eigenvalue weighted by Crippen LogP contribution is 2.17. The molecule has 2 aliphatic heterocycles. The number of piperidine rings is 2. The van der Waals surface area contributed by atoms with Gasteiger partial charge in [0.1, 0.15) is 6.10 Å². The Hall–Kier alpha value is -1.46. The minimum Gasteiger partial charge on any atom is -0.446 e. The molecule has 2 aliphatic rings. The fourth-order valence-corrected chi connectivity index (χ4v) is 2.66. The number of ether oxygens (including phenoxy) is 1. The molecule has 2 fully saturated rings. The normalized spacial score (nSPS) is 21.1. The maximum atomic E-state index is 12.3. The number of amides is 3. The van der Waals surface area contributed by atoms with Gasteiger partial charge in [0.2, 0.25) is 0 Å². The average Bonchev–Trinajstić information content (AvgIpc) is 2.48. The van der Waals surface area contributed by atoms with Crippen LogP contribution in [0.15, 0.2) is 0 Å². The van der Waals surface area contributed by atoms with Crippen LogP contribution in [0.25, 0.3) is 0 Å². The van der Waals surface area contributed by atoms with Gasteiger partial charge in [0.15, 0.2) is 0 Å². The lowest BCUT2D eigenvalue weighted by Crippen LogP contribution is -2.49. The van der Waals surface area contributed by atoms with E-state index in [1.165, 1.54) is 6.42 Å². The average molecular weight is 269 g/mol. The number of likely N-dealkylation sites (tertiary alicyclic amines) is 2. The van der Waals surface area contributed by atoms with Crippen molar-refractivity contribution in [3.63, 3.8) is 0 Å². The predicted molar refractivity (Wildman–Crippen MR) is 71.0 cm³/mol. The molecule has 0 unspecified atom stereocenters. The molecule has 6 heteroatoms. The molecule has 0 aliphatic carbocycles. The number of hydrogen-bond donors (Lipinski definition) is 1. The highest BCUT2D eigenvalue weighted by atomic mass is 16.6. The Bertz CT molecular complexity index is 321. The lowest BCUT2D eigenvalue weighted by Gasteiger charge is -2.36. The smallest absolute Gasteiger partial charge is 0.407 e. The van der Waals surface area contributed by atoms with Crippen LogP contribution in [0.4, 0.5) is 9.59 Å². The molecule has 0 spiro atoms. The van der Waals surface area contributed by atoms with Gasteiger partial charge in [-0.2, -0.15) is 0 Å². The largest absolute Gasteiger partial charge is 0.446 e. The maximum absolute atomic E-state index is 12.3. The summed E-state index contributed by atoms with van der Waals surface area (Å²) in [6.45, 7) is 3.12. The van der Waals surface area contributed by atoms with Crippen molar-refractivity contribution in [1.82, 2.24) is 15.1 Å². The van der Waals surface area contributed by atoms with Crippen molar-refractivity contribution in [2.45, 2.75) is 38.2 Å². The van der Waals surface area contributed by atoms with Crippen LogP contribution < -0.4 is 5.32 Å². The summed E-state index contributed by atoms with van der Waals surface area (Å²) in [6.07, 6.45) is 4.46. The highest BCUT2D eigenvalue weighted by Gasteiger charge is 2.28. The van der Waals surface area contributed by atoms with Gasteiger partial charge in [-0.05, 0) is 19.3 Å². The standard InChI is InChI=1S/C13H23N3O3/c1-14-12(17)19-11-5-9-16(10-6-11)13(18)15-7-3-2-4-8-15/h11H,2-10H2,1H3,(H,14,17). The first kappa shape index (κ1) is 14.0. The number of alkyl carbamates (subject to hydrolysis) is 1. The number of carbonyl (C=O) groups is 2. The zero-order valence-corrected chi connectivity index (χ0v) is 11.6. The van der Waals surface area contributed by atoms with Gasteiger partial charge < -0.3 is 19.9 Å². The van der Waals surface area contributed by atoms with E-state index in [0.717, 1.165) is 38.8 Å². The van der Waals surface area contributed by atoms with Crippen LogP contribution in [-0.4, -0.2) is 61.3 Å². The molecule has 2 rings (SSSR count). The van der Waals surface area contributed by atoms with Gasteiger partial charge in [-0.15, -0.1) is 0 Å². The zero-order chi connectivity index (χ0) is 13.7. The third-order valence-corrected chi connectivity index (χ3v) is 3.82. The van der Waals surface area contributed by atoms with Gasteiger partial charge >= 0.3 is 12.1 Å². The molecule has 2 saturated heterocycles. The second-order valence-corrected chi connectivity index (χ2v) is 5.17. The molecule has 0 aromatic carbocycles. The number of nitrogens with one attached hydrogen (secondary N) is 1. The third-order valence-electron chi connectivity index (χ3n) is 3.82. The lowest BCUT2D eigenvalue weighted by molar-refractivity contribution is 0.0533. The summed E-state index contributed by atoms with van der Waals surface area (Å²) in [7, 11) is 1.55. The van der Waals surface area contributed by atoms with E-state index < -0.39 is 0 Å². The molecular formula is C13H23N3O3. The van der Waals surface area contributed by atoms with E-state index in [0.29, 0.717) is 13.1 Å². The molecule has 6 nitrogen and oxygen atoms in total. The van der Waals surface area contributed by atoms with Crippen molar-refractivity contribution in [3.05, 3.63) is 0 Å². The van der Waals surface area contributed by atoms with Crippen LogP contribution in [0.2, 0.25) is 0 Å². The van der Waals surface area contributed by atoms with E-state index in [9.17, 15) is 9.59 Å². The first-order valence-electron chi connectivity index (χ1n) is 7.13. The Morgan fingerprint density at radius 3 is 2.16 bits per heavy atom. The molecule has 0 aromatic heterocycles. The molecule has 0 aromatic rings. The number of hydrogen-bond acceptors (Lipinski definition) is 3. The van der Waals surface area contributed by atoms with Gasteiger partial charge in [0.05, 0.1) is 0 Å². The zero-order valence-electron chi connectivity index (χ0n) is 11.6. The summed E-state index contributed by atoms with van der Waals surface area (Å²) in [5.74, 6) is 0. The predicted octanol–water partition coefficient (Wildman–Crippen LogP) is 1.41. The molecule has 19 heavy (non-hydrogen) atoms. The van der Waals surface area contributed by atoms with Crippen LogP contribution >= 0.6 is 0 Å². The number of carbonyl (C=O) groups excluding carboxylic acids is 2. The molecule has 2 heterocycles. The number of rotatable bonds is 1. The summed E-state index contributed by atoms with van der Waals surface area (Å²) >= 11 is 0. The van der Waals surface area contributed by atoms with E-state index in [1.807, 2.05) is 9.80 Å². The molecule has 0 radical (unpaired) electrons. The molecule has 0 saturated carbocycles. The molecule has 3 amide bonds. The molecule has 0 atom stereocenters. The van der Waals surface area contributed by atoms with Crippen LogP contribution in [0.5, 0.6) is 0 Å². The van der Waals surface area contributed by atoms with Gasteiger partial charge in [0, 0.05) is 46.1 Å². The van der Waals surface area contributed by atoms with Crippen LogP contribution in [0.3, 0.4) is 0 Å². The lowest BCUT2D eigenvalue weighted by atomic mass is 10.1. The monoisotopic (exact) mass is 269 g/mol. The van der Waals surface area contributed by atoms with Crippen LogP contribution in [0, 0.1) is 0 Å². The highest BCUT2D eigenvalue weighted by molar-refractivity contribution is 5.74. The van der Waals surface area contributed by atoms with E-state index in [4.69, 9.17) is 4.74 Å². The summed E-state index contributed by atoms with van der Waals surface area (Å²) in [6, 6.07) is 0.151. The molecule has 1 N–H and O–H groups in total. The Morgan fingerprint density at radius 2 is 1.58 bits per heavy atom. The van der Waals surface area contributed by atoms with Crippen molar-refractivity contribution in [3.8, 4) is 0 Å². The molecule has 108 valence electrons. The Kier molecular flexibility index (Phi) is 4.87. The fraction of sp³-hybridized carbons (Fsp3) is 0.846. The van der Waals surface area contributed by atoms with Gasteiger partial charge in [0.25, 0.3) is 0 Å².